The molecule has 1 fully saturated rings. The van der Waals surface area contributed by atoms with Crippen LogP contribution in [0.4, 0.5) is 0 Å². The number of rotatable bonds is 6. The van der Waals surface area contributed by atoms with E-state index in [1.54, 1.807) is 0 Å². The molecule has 4 nitrogen and oxygen atoms in total. The third kappa shape index (κ3) is 4.50. The van der Waals surface area contributed by atoms with Crippen LogP contribution in [0.5, 0.6) is 0 Å². The van der Waals surface area contributed by atoms with Crippen LogP contribution in [0.15, 0.2) is 0 Å². The third-order valence-electron chi connectivity index (χ3n) is 4.27. The van der Waals surface area contributed by atoms with Crippen LogP contribution < -0.4 is 5.32 Å². The van der Waals surface area contributed by atoms with Crippen molar-refractivity contribution in [3.63, 3.8) is 0 Å². The highest BCUT2D eigenvalue weighted by molar-refractivity contribution is 5.90. The minimum Gasteiger partial charge on any atom is -0.344 e. The van der Waals surface area contributed by atoms with E-state index in [0.717, 1.165) is 25.8 Å². The normalized spacial score (nSPS) is 25.6. The lowest BCUT2D eigenvalue weighted by molar-refractivity contribution is -0.136. The largest absolute Gasteiger partial charge is 0.344 e. The summed E-state index contributed by atoms with van der Waals surface area (Å²) in [5.74, 6) is 0.936. The van der Waals surface area contributed by atoms with Crippen LogP contribution in [0.2, 0.25) is 0 Å². The van der Waals surface area contributed by atoms with Gasteiger partial charge in [0.15, 0.2) is 0 Å². The molecule has 1 N–H and O–H groups in total. The van der Waals surface area contributed by atoms with E-state index >= 15 is 0 Å². The topological polar surface area (TPSA) is 49.4 Å². The second-order valence-electron chi connectivity index (χ2n) is 6.55. The van der Waals surface area contributed by atoms with Crippen LogP contribution in [0, 0.1) is 11.8 Å². The van der Waals surface area contributed by atoms with Gasteiger partial charge in [-0.3, -0.25) is 9.59 Å². The Morgan fingerprint density at radius 3 is 2.50 bits per heavy atom. The maximum absolute atomic E-state index is 12.7. The van der Waals surface area contributed by atoms with Gasteiger partial charge in [0.1, 0.15) is 6.04 Å². The molecule has 3 atom stereocenters. The van der Waals surface area contributed by atoms with Crippen molar-refractivity contribution >= 4 is 11.8 Å². The first kappa shape index (κ1) is 17.0. The van der Waals surface area contributed by atoms with E-state index in [4.69, 9.17) is 0 Å². The van der Waals surface area contributed by atoms with Crippen LogP contribution in [-0.2, 0) is 9.59 Å². The molecule has 1 heterocycles. The summed E-state index contributed by atoms with van der Waals surface area (Å²) in [4.78, 5) is 26.5. The Morgan fingerprint density at radius 2 is 1.95 bits per heavy atom. The summed E-state index contributed by atoms with van der Waals surface area (Å²) in [7, 11) is 0. The molecule has 0 spiro atoms. The molecule has 0 aliphatic carbocycles. The molecule has 116 valence electrons. The number of hydrogen-bond donors (Lipinski definition) is 1. The van der Waals surface area contributed by atoms with E-state index in [9.17, 15) is 9.59 Å². The van der Waals surface area contributed by atoms with Crippen molar-refractivity contribution in [3.8, 4) is 0 Å². The highest BCUT2D eigenvalue weighted by Crippen LogP contribution is 2.19. The molecular formula is C16H30N2O2. The smallest absolute Gasteiger partial charge is 0.245 e. The van der Waals surface area contributed by atoms with E-state index < -0.39 is 0 Å². The molecule has 1 aliphatic rings. The molecule has 0 aromatic carbocycles. The predicted octanol–water partition coefficient (Wildman–Crippen LogP) is 2.57. The molecule has 0 saturated carbocycles. The highest BCUT2D eigenvalue weighted by atomic mass is 16.2. The number of amides is 2. The molecule has 0 radical (unpaired) electrons. The Morgan fingerprint density at radius 1 is 1.30 bits per heavy atom. The summed E-state index contributed by atoms with van der Waals surface area (Å²) in [5, 5.41) is 2.91. The lowest BCUT2D eigenvalue weighted by Gasteiger charge is -2.30. The van der Waals surface area contributed by atoms with Crippen LogP contribution >= 0.6 is 0 Å². The predicted molar refractivity (Wildman–Crippen MR) is 81.2 cm³/mol. The number of nitrogens with zero attached hydrogens (tertiary/aromatic N) is 1. The van der Waals surface area contributed by atoms with Gasteiger partial charge < -0.3 is 10.2 Å². The van der Waals surface area contributed by atoms with Crippen molar-refractivity contribution in [2.75, 3.05) is 6.54 Å². The van der Waals surface area contributed by atoms with Crippen molar-refractivity contribution in [2.24, 2.45) is 11.8 Å². The van der Waals surface area contributed by atoms with Crippen LogP contribution in [0.25, 0.3) is 0 Å². The standard InChI is InChI=1S/C16H30N2O2/c1-6-12(4)15-16(20)18(9-7-8-11(2)3)13(5)10-14(19)17-15/h11-13,15H,6-10H2,1-5H3,(H,17,19). The highest BCUT2D eigenvalue weighted by Gasteiger charge is 2.35. The molecule has 0 aromatic heterocycles. The zero-order valence-corrected chi connectivity index (χ0v) is 13.6. The van der Waals surface area contributed by atoms with Crippen LogP contribution in [0.1, 0.15) is 60.3 Å². The summed E-state index contributed by atoms with van der Waals surface area (Å²) in [5.41, 5.74) is 0. The van der Waals surface area contributed by atoms with Crippen LogP contribution in [0.3, 0.4) is 0 Å². The van der Waals surface area contributed by atoms with E-state index in [-0.39, 0.29) is 29.8 Å². The Balaban J connectivity index is 2.77. The summed E-state index contributed by atoms with van der Waals surface area (Å²) in [6, 6.07) is -0.347. The third-order valence-corrected chi connectivity index (χ3v) is 4.27. The fourth-order valence-electron chi connectivity index (χ4n) is 2.69. The number of carbonyl (C=O) groups excluding carboxylic acids is 2. The van der Waals surface area contributed by atoms with Crippen molar-refractivity contribution in [2.45, 2.75) is 72.4 Å². The van der Waals surface area contributed by atoms with Gasteiger partial charge in [-0.25, -0.2) is 0 Å². The van der Waals surface area contributed by atoms with E-state index in [2.05, 4.69) is 26.1 Å². The molecular weight excluding hydrogens is 252 g/mol. The molecule has 2 amide bonds. The Hall–Kier alpha value is -1.06. The molecule has 0 aromatic rings. The number of nitrogens with one attached hydrogen (secondary N) is 1. The van der Waals surface area contributed by atoms with Gasteiger partial charge in [-0.1, -0.05) is 34.1 Å². The maximum atomic E-state index is 12.7. The Bertz CT molecular complexity index is 341. The van der Waals surface area contributed by atoms with Crippen molar-refractivity contribution < 1.29 is 9.59 Å². The van der Waals surface area contributed by atoms with Crippen LogP contribution in [-0.4, -0.2) is 35.3 Å². The molecule has 20 heavy (non-hydrogen) atoms. The van der Waals surface area contributed by atoms with Gasteiger partial charge in [-0.05, 0) is 31.6 Å². The fraction of sp³-hybridized carbons (Fsp3) is 0.875. The van der Waals surface area contributed by atoms with Gasteiger partial charge in [-0.15, -0.1) is 0 Å². The molecule has 1 saturated heterocycles. The van der Waals surface area contributed by atoms with Gasteiger partial charge in [0, 0.05) is 19.0 Å². The average Bonchev–Trinajstić information content (AvgIpc) is 2.48. The minimum absolute atomic E-state index is 0.00232. The number of carbonyl (C=O) groups is 2. The first-order valence-electron chi connectivity index (χ1n) is 7.96. The van der Waals surface area contributed by atoms with Gasteiger partial charge in [0.05, 0.1) is 0 Å². The lowest BCUT2D eigenvalue weighted by atomic mass is 9.97. The monoisotopic (exact) mass is 282 g/mol. The number of hydrogen-bond acceptors (Lipinski definition) is 2. The quantitative estimate of drug-likeness (QED) is 0.814. The zero-order valence-electron chi connectivity index (χ0n) is 13.6. The van der Waals surface area contributed by atoms with E-state index in [0.29, 0.717) is 12.3 Å². The van der Waals surface area contributed by atoms with Gasteiger partial charge in [0.25, 0.3) is 0 Å². The zero-order chi connectivity index (χ0) is 15.3. The van der Waals surface area contributed by atoms with Crippen molar-refractivity contribution in [1.82, 2.24) is 10.2 Å². The molecule has 1 rings (SSSR count). The fourth-order valence-corrected chi connectivity index (χ4v) is 2.69. The summed E-state index contributed by atoms with van der Waals surface area (Å²) in [6.07, 6.45) is 3.44. The van der Waals surface area contributed by atoms with Gasteiger partial charge in [0.2, 0.25) is 11.8 Å². The van der Waals surface area contributed by atoms with Gasteiger partial charge in [-0.2, -0.15) is 0 Å². The second-order valence-corrected chi connectivity index (χ2v) is 6.55. The van der Waals surface area contributed by atoms with E-state index in [1.165, 1.54) is 0 Å². The molecule has 4 heteroatoms. The Kier molecular flexibility index (Phi) is 6.50. The summed E-state index contributed by atoms with van der Waals surface area (Å²) in [6.45, 7) is 11.2. The first-order chi connectivity index (χ1) is 9.36. The summed E-state index contributed by atoms with van der Waals surface area (Å²) >= 11 is 0. The first-order valence-corrected chi connectivity index (χ1v) is 7.96. The average molecular weight is 282 g/mol. The summed E-state index contributed by atoms with van der Waals surface area (Å²) < 4.78 is 0. The molecule has 3 unspecified atom stereocenters. The minimum atomic E-state index is -0.350. The van der Waals surface area contributed by atoms with Crippen molar-refractivity contribution in [3.05, 3.63) is 0 Å². The molecule has 1 aliphatic heterocycles. The maximum Gasteiger partial charge on any atom is 0.245 e. The lowest BCUT2D eigenvalue weighted by Crippen LogP contribution is -2.49. The Labute approximate surface area is 123 Å². The van der Waals surface area contributed by atoms with Gasteiger partial charge >= 0.3 is 0 Å². The second kappa shape index (κ2) is 7.65. The van der Waals surface area contributed by atoms with E-state index in [1.807, 2.05) is 18.7 Å². The van der Waals surface area contributed by atoms with Crippen molar-refractivity contribution in [1.29, 1.82) is 0 Å². The SMILES string of the molecule is CCC(C)C1NC(=O)CC(C)N(CCCC(C)C)C1=O. The molecule has 0 bridgehead atoms.